The van der Waals surface area contributed by atoms with Crippen LogP contribution in [0.1, 0.15) is 373 Å². The maximum absolute atomic E-state index is 12.9. The number of likely N-dealkylation sites (N-methyl/N-ethyl adjacent to an activating group) is 1. The van der Waals surface area contributed by atoms with E-state index in [1.807, 2.05) is 21.1 Å². The predicted molar refractivity (Wildman–Crippen MR) is 354 cm³/mol. The van der Waals surface area contributed by atoms with Gasteiger partial charge in [0.05, 0.1) is 27.7 Å². The average molecular weight is 1180 g/mol. The normalized spacial score (nSPS) is 13.2. The number of esters is 2. The van der Waals surface area contributed by atoms with Gasteiger partial charge in [0.25, 0.3) is 0 Å². The fourth-order valence-electron chi connectivity index (χ4n) is 10.9. The van der Waals surface area contributed by atoms with Crippen LogP contribution in [0.2, 0.25) is 0 Å². The molecule has 0 aromatic heterocycles. The van der Waals surface area contributed by atoms with Crippen LogP contribution in [-0.4, -0.2) is 74.9 Å². The summed E-state index contributed by atoms with van der Waals surface area (Å²) in [4.78, 5) is 35.8. The first-order chi connectivity index (χ1) is 40.0. The van der Waals surface area contributed by atoms with Crippen LogP contribution in [0.5, 0.6) is 0 Å². The number of rotatable bonds is 68. The Hall–Kier alpha value is -1.51. The number of hydrogen-bond acceptors (Lipinski definition) is 7. The largest absolute Gasteiger partial charge is 0.472 e. The first-order valence-electron chi connectivity index (χ1n) is 36.1. The molecule has 0 aromatic carbocycles. The molecule has 0 bridgehead atoms. The molecule has 82 heavy (non-hydrogen) atoms. The lowest BCUT2D eigenvalue weighted by Gasteiger charge is -2.24. The highest BCUT2D eigenvalue weighted by atomic mass is 31.2. The van der Waals surface area contributed by atoms with Crippen molar-refractivity contribution in [1.82, 2.24) is 0 Å². The van der Waals surface area contributed by atoms with E-state index in [4.69, 9.17) is 18.5 Å². The van der Waals surface area contributed by atoms with Crippen LogP contribution in [0.4, 0.5) is 0 Å². The molecule has 0 rings (SSSR count). The third kappa shape index (κ3) is 67.6. The van der Waals surface area contributed by atoms with Crippen molar-refractivity contribution in [3.63, 3.8) is 0 Å². The van der Waals surface area contributed by atoms with Crippen molar-refractivity contribution in [2.24, 2.45) is 0 Å². The zero-order valence-corrected chi connectivity index (χ0v) is 56.4. The van der Waals surface area contributed by atoms with Gasteiger partial charge in [0, 0.05) is 12.8 Å². The zero-order chi connectivity index (χ0) is 59.8. The minimum absolute atomic E-state index is 0.0343. The molecule has 0 saturated heterocycles. The van der Waals surface area contributed by atoms with Crippen LogP contribution < -0.4 is 0 Å². The summed E-state index contributed by atoms with van der Waals surface area (Å²) in [5.41, 5.74) is 0. The molecule has 9 nitrogen and oxygen atoms in total. The number of quaternary nitrogens is 1. The summed E-state index contributed by atoms with van der Waals surface area (Å²) in [6.45, 7) is 4.49. The van der Waals surface area contributed by atoms with Crippen LogP contribution >= 0.6 is 7.82 Å². The zero-order valence-electron chi connectivity index (χ0n) is 55.5. The smallest absolute Gasteiger partial charge is 0.462 e. The van der Waals surface area contributed by atoms with Gasteiger partial charge in [-0.2, -0.15) is 0 Å². The monoisotopic (exact) mass is 1180 g/mol. The van der Waals surface area contributed by atoms with Crippen LogP contribution in [0, 0.1) is 0 Å². The van der Waals surface area contributed by atoms with Gasteiger partial charge in [0.2, 0.25) is 0 Å². The van der Waals surface area contributed by atoms with Crippen molar-refractivity contribution in [3.05, 3.63) is 24.3 Å². The van der Waals surface area contributed by atoms with Gasteiger partial charge in [-0.1, -0.05) is 321 Å². The van der Waals surface area contributed by atoms with E-state index < -0.39 is 26.5 Å². The first kappa shape index (κ1) is 80.5. The van der Waals surface area contributed by atoms with Crippen LogP contribution in [-0.2, 0) is 32.7 Å². The van der Waals surface area contributed by atoms with E-state index in [2.05, 4.69) is 38.2 Å². The molecule has 0 aromatic rings. The molecular formula is C72H141NO8P+. The number of ether oxygens (including phenoxy) is 2. The van der Waals surface area contributed by atoms with Gasteiger partial charge in [0.15, 0.2) is 6.10 Å². The van der Waals surface area contributed by atoms with Crippen molar-refractivity contribution >= 4 is 19.8 Å². The van der Waals surface area contributed by atoms with Crippen LogP contribution in [0.25, 0.3) is 0 Å². The van der Waals surface area contributed by atoms with E-state index in [0.29, 0.717) is 17.4 Å². The molecule has 0 heterocycles. The third-order valence-corrected chi connectivity index (χ3v) is 17.4. The van der Waals surface area contributed by atoms with E-state index in [1.165, 1.54) is 308 Å². The maximum Gasteiger partial charge on any atom is 0.472 e. The molecule has 0 spiro atoms. The van der Waals surface area contributed by atoms with Gasteiger partial charge < -0.3 is 18.9 Å². The van der Waals surface area contributed by atoms with E-state index in [-0.39, 0.29) is 32.0 Å². The van der Waals surface area contributed by atoms with Gasteiger partial charge in [-0.3, -0.25) is 18.6 Å². The van der Waals surface area contributed by atoms with Crippen molar-refractivity contribution < 1.29 is 42.1 Å². The molecular weight excluding hydrogens is 1040 g/mol. The van der Waals surface area contributed by atoms with Crippen molar-refractivity contribution in [2.75, 3.05) is 47.5 Å². The van der Waals surface area contributed by atoms with Gasteiger partial charge >= 0.3 is 19.8 Å². The summed E-state index contributed by atoms with van der Waals surface area (Å²) in [5, 5.41) is 0. The number of unbranched alkanes of at least 4 members (excludes halogenated alkanes) is 50. The second-order valence-electron chi connectivity index (χ2n) is 26.0. The van der Waals surface area contributed by atoms with Gasteiger partial charge in [0.1, 0.15) is 19.8 Å². The second kappa shape index (κ2) is 64.0. The van der Waals surface area contributed by atoms with E-state index >= 15 is 0 Å². The number of phosphoric acid groups is 1. The molecule has 10 heteroatoms. The summed E-state index contributed by atoms with van der Waals surface area (Å²) in [6, 6.07) is 0. The van der Waals surface area contributed by atoms with E-state index in [0.717, 1.165) is 32.1 Å². The van der Waals surface area contributed by atoms with Crippen molar-refractivity contribution in [2.45, 2.75) is 380 Å². The standard InChI is InChI=1S/C72H140NO8P/c1-6-8-10-12-14-16-18-20-22-24-25-26-27-28-29-30-31-32-33-34-35-36-37-38-39-40-41-42-43-44-45-46-47-49-51-53-55-57-59-61-63-65-72(75)81-70(69-80-82(76,77)79-67-66-73(3,4)5)68-78-71(74)64-62-60-58-56-54-52-50-48-23-21-19-17-15-13-11-9-7-2/h21,23-25,70H,6-20,22,26-69H2,1-5H3/p+1/b23-21-,25-24-. The molecule has 0 saturated carbocycles. The van der Waals surface area contributed by atoms with Gasteiger partial charge in [-0.25, -0.2) is 4.57 Å². The summed E-state index contributed by atoms with van der Waals surface area (Å²) in [5.74, 6) is -0.782. The maximum atomic E-state index is 12.9. The summed E-state index contributed by atoms with van der Waals surface area (Å²) in [7, 11) is 1.50. The molecule has 2 atom stereocenters. The lowest BCUT2D eigenvalue weighted by molar-refractivity contribution is -0.870. The highest BCUT2D eigenvalue weighted by Crippen LogP contribution is 2.43. The van der Waals surface area contributed by atoms with Crippen molar-refractivity contribution in [1.29, 1.82) is 0 Å². The number of phosphoric ester groups is 1. The lowest BCUT2D eigenvalue weighted by Crippen LogP contribution is -2.37. The second-order valence-corrected chi connectivity index (χ2v) is 27.4. The number of carbonyl (C=O) groups excluding carboxylic acids is 2. The molecule has 2 unspecified atom stereocenters. The summed E-state index contributed by atoms with van der Waals surface area (Å²) in [6.07, 6.45) is 80.3. The first-order valence-corrected chi connectivity index (χ1v) is 37.6. The Balaban J connectivity index is 3.84. The summed E-state index contributed by atoms with van der Waals surface area (Å²) < 4.78 is 34.7. The molecule has 0 radical (unpaired) electrons. The van der Waals surface area contributed by atoms with Crippen molar-refractivity contribution in [3.8, 4) is 0 Å². The lowest BCUT2D eigenvalue weighted by atomic mass is 10.0. The molecule has 0 aliphatic carbocycles. The third-order valence-electron chi connectivity index (χ3n) is 16.5. The SMILES string of the molecule is CCCCCCCC/C=C\CCCCCCCCCC(=O)OCC(COP(=O)(O)OCC[N+](C)(C)C)OC(=O)CCCCCCCCCCCCCCCCCCCCCCCCCCCCCCC/C=C\CCCCCCCCCC. The Labute approximate surface area is 510 Å². The molecule has 0 aliphatic heterocycles. The van der Waals surface area contributed by atoms with Crippen LogP contribution in [0.3, 0.4) is 0 Å². The Morgan fingerprint density at radius 3 is 0.902 bits per heavy atom. The molecule has 486 valence electrons. The minimum Gasteiger partial charge on any atom is -0.462 e. The highest BCUT2D eigenvalue weighted by molar-refractivity contribution is 7.47. The van der Waals surface area contributed by atoms with E-state index in [1.54, 1.807) is 0 Å². The van der Waals surface area contributed by atoms with Gasteiger partial charge in [-0.05, 0) is 64.2 Å². The van der Waals surface area contributed by atoms with Gasteiger partial charge in [-0.15, -0.1) is 0 Å². The number of allylic oxidation sites excluding steroid dienone is 4. The minimum atomic E-state index is -4.39. The van der Waals surface area contributed by atoms with Crippen LogP contribution in [0.15, 0.2) is 24.3 Å². The highest BCUT2D eigenvalue weighted by Gasteiger charge is 2.27. The number of carbonyl (C=O) groups is 2. The molecule has 0 amide bonds. The fraction of sp³-hybridized carbons (Fsp3) is 0.917. The number of hydrogen-bond donors (Lipinski definition) is 1. The molecule has 0 fully saturated rings. The Bertz CT molecular complexity index is 1430. The Kier molecular flexibility index (Phi) is 62.8. The quantitative estimate of drug-likeness (QED) is 0.0211. The number of nitrogens with zero attached hydrogens (tertiary/aromatic N) is 1. The summed E-state index contributed by atoms with van der Waals surface area (Å²) >= 11 is 0. The predicted octanol–water partition coefficient (Wildman–Crippen LogP) is 23.3. The Morgan fingerprint density at radius 1 is 0.366 bits per heavy atom. The topological polar surface area (TPSA) is 108 Å². The Morgan fingerprint density at radius 2 is 0.622 bits per heavy atom. The fourth-order valence-corrected chi connectivity index (χ4v) is 11.6. The average Bonchev–Trinajstić information content (AvgIpc) is 3.44. The molecule has 1 N–H and O–H groups in total. The van der Waals surface area contributed by atoms with E-state index in [9.17, 15) is 19.0 Å². The molecule has 0 aliphatic rings.